The second-order valence-electron chi connectivity index (χ2n) is 10.9. The highest BCUT2D eigenvalue weighted by atomic mass is 32.2. The Kier molecular flexibility index (Phi) is 16.4. The van der Waals surface area contributed by atoms with Crippen LogP contribution in [0.15, 0.2) is 58.3 Å². The molecule has 258 valence electrons. The average molecular weight is 705 g/mol. The van der Waals surface area contributed by atoms with Gasteiger partial charge in [0.15, 0.2) is 0 Å². The van der Waals surface area contributed by atoms with E-state index in [0.29, 0.717) is 0 Å². The molecule has 2 aromatic rings. The third-order valence-corrected chi connectivity index (χ3v) is 12.2. The SMILES string of the molecule is CCCCCCCCCCCC(C)P(C(C)OC(=O)Oc1ccc(S(=O)(=O)O)cc1)C(C)OC(=O)Oc1ccc(S(=O)(=O)O)cc1. The maximum Gasteiger partial charge on any atom is 0.514 e. The van der Waals surface area contributed by atoms with Crippen LogP contribution in [0.25, 0.3) is 0 Å². The van der Waals surface area contributed by atoms with E-state index in [2.05, 4.69) is 6.92 Å². The van der Waals surface area contributed by atoms with E-state index in [1.807, 2.05) is 6.92 Å². The number of carbonyl (C=O) groups is 2. The summed E-state index contributed by atoms with van der Waals surface area (Å²) in [6.45, 7) is 7.57. The van der Waals surface area contributed by atoms with E-state index in [1.54, 1.807) is 13.8 Å². The van der Waals surface area contributed by atoms with E-state index in [-0.39, 0.29) is 26.9 Å². The molecule has 2 rings (SSSR count). The summed E-state index contributed by atoms with van der Waals surface area (Å²) in [6, 6.07) is 9.14. The van der Waals surface area contributed by atoms with Crippen LogP contribution < -0.4 is 9.47 Å². The van der Waals surface area contributed by atoms with Crippen LogP contribution in [-0.4, -0.2) is 55.6 Å². The third-order valence-electron chi connectivity index (χ3n) is 7.25. The lowest BCUT2D eigenvalue weighted by Crippen LogP contribution is -2.27. The van der Waals surface area contributed by atoms with E-state index < -0.39 is 52.2 Å². The summed E-state index contributed by atoms with van der Waals surface area (Å²) < 4.78 is 84.9. The standard InChI is InChI=1S/C31H45O12PS2/c1-5-6-7-8-9-10-11-12-13-14-23(2)44(24(3)40-30(32)42-26-15-19-28(20-16-26)45(34,35)36)25(4)41-31(33)43-27-17-21-29(22-18-27)46(37,38)39/h15-25H,5-14H2,1-4H3,(H,34,35,36)(H,37,38,39). The molecule has 0 bridgehead atoms. The van der Waals surface area contributed by atoms with Crippen molar-refractivity contribution in [3.63, 3.8) is 0 Å². The minimum Gasteiger partial charge on any atom is -0.426 e. The molecule has 46 heavy (non-hydrogen) atoms. The van der Waals surface area contributed by atoms with Gasteiger partial charge < -0.3 is 18.9 Å². The zero-order valence-electron chi connectivity index (χ0n) is 26.7. The maximum absolute atomic E-state index is 12.6. The van der Waals surface area contributed by atoms with Crippen LogP contribution in [0.1, 0.15) is 91.9 Å². The van der Waals surface area contributed by atoms with Crippen molar-refractivity contribution in [2.45, 2.75) is 119 Å². The molecule has 0 amide bonds. The van der Waals surface area contributed by atoms with Crippen molar-refractivity contribution in [3.05, 3.63) is 48.5 Å². The van der Waals surface area contributed by atoms with Gasteiger partial charge in [-0.05, 0) is 82.4 Å². The summed E-state index contributed by atoms with van der Waals surface area (Å²) in [5.41, 5.74) is 0.00763. The molecule has 0 spiro atoms. The van der Waals surface area contributed by atoms with Crippen LogP contribution in [0.3, 0.4) is 0 Å². The van der Waals surface area contributed by atoms with Crippen molar-refractivity contribution < 1.29 is 54.5 Å². The lowest BCUT2D eigenvalue weighted by Gasteiger charge is -2.33. The summed E-state index contributed by atoms with van der Waals surface area (Å²) in [7, 11) is -10.1. The number of unbranched alkanes of at least 4 members (excludes halogenated alkanes) is 8. The fourth-order valence-electron chi connectivity index (χ4n) is 4.91. The Morgan fingerprint density at radius 2 is 0.978 bits per heavy atom. The van der Waals surface area contributed by atoms with E-state index in [9.17, 15) is 26.4 Å². The molecule has 2 N–H and O–H groups in total. The normalized spacial score (nSPS) is 14.5. The molecule has 12 nitrogen and oxygen atoms in total. The summed E-state index contributed by atoms with van der Waals surface area (Å²) in [6.07, 6.45) is 9.26. The van der Waals surface area contributed by atoms with Gasteiger partial charge in [0.2, 0.25) is 0 Å². The molecule has 0 radical (unpaired) electrons. The molecule has 2 aromatic carbocycles. The Bertz CT molecular complexity index is 1350. The van der Waals surface area contributed by atoms with Crippen LogP contribution in [0.2, 0.25) is 0 Å². The Hall–Kier alpha value is -2.77. The first kappa shape index (κ1) is 39.4. The first-order valence-electron chi connectivity index (χ1n) is 15.3. The maximum atomic E-state index is 12.6. The van der Waals surface area contributed by atoms with E-state index >= 15 is 0 Å². The zero-order valence-corrected chi connectivity index (χ0v) is 29.2. The molecular formula is C31H45O12PS2. The molecule has 3 atom stereocenters. The number of hydrogen-bond acceptors (Lipinski definition) is 10. The Labute approximate surface area is 273 Å². The smallest absolute Gasteiger partial charge is 0.426 e. The van der Waals surface area contributed by atoms with E-state index in [4.69, 9.17) is 28.1 Å². The van der Waals surface area contributed by atoms with Gasteiger partial charge in [-0.25, -0.2) is 9.59 Å². The van der Waals surface area contributed by atoms with Gasteiger partial charge in [0.05, 0.1) is 9.79 Å². The predicted molar refractivity (Wildman–Crippen MR) is 174 cm³/mol. The summed E-state index contributed by atoms with van der Waals surface area (Å²) in [5.74, 6) is -1.43. The molecule has 0 saturated heterocycles. The van der Waals surface area contributed by atoms with Crippen LogP contribution in [0.4, 0.5) is 9.59 Å². The van der Waals surface area contributed by atoms with Crippen LogP contribution in [-0.2, 0) is 29.7 Å². The molecule has 15 heteroatoms. The second-order valence-corrected chi connectivity index (χ2v) is 17.0. The molecular weight excluding hydrogens is 659 g/mol. The third kappa shape index (κ3) is 14.3. The lowest BCUT2D eigenvalue weighted by molar-refractivity contribution is 0.0822. The first-order chi connectivity index (χ1) is 21.6. The minimum absolute atomic E-state index is 0.00423. The number of benzene rings is 2. The van der Waals surface area contributed by atoms with Gasteiger partial charge in [0, 0.05) is 0 Å². The zero-order chi connectivity index (χ0) is 34.3. The number of hydrogen-bond donors (Lipinski definition) is 2. The predicted octanol–water partition coefficient (Wildman–Crippen LogP) is 8.39. The fraction of sp³-hybridized carbons (Fsp3) is 0.548. The summed E-state index contributed by atoms with van der Waals surface area (Å²) in [4.78, 5) is 24.6. The van der Waals surface area contributed by atoms with Gasteiger partial charge in [-0.1, -0.05) is 71.6 Å². The van der Waals surface area contributed by atoms with Gasteiger partial charge in [-0.3, -0.25) is 9.11 Å². The van der Waals surface area contributed by atoms with Gasteiger partial charge in [-0.2, -0.15) is 16.8 Å². The van der Waals surface area contributed by atoms with Gasteiger partial charge in [0.25, 0.3) is 20.2 Å². The fourth-order valence-corrected chi connectivity index (χ4v) is 8.79. The van der Waals surface area contributed by atoms with Gasteiger partial charge in [0.1, 0.15) is 23.2 Å². The Morgan fingerprint density at radius 3 is 1.33 bits per heavy atom. The quantitative estimate of drug-likeness (QED) is 0.0469. The molecule has 3 unspecified atom stereocenters. The topological polar surface area (TPSA) is 180 Å². The largest absolute Gasteiger partial charge is 0.514 e. The number of carbonyl (C=O) groups excluding carboxylic acids is 2. The summed E-state index contributed by atoms with van der Waals surface area (Å²) >= 11 is 0. The Balaban J connectivity index is 2.04. The first-order valence-corrected chi connectivity index (χ1v) is 19.7. The van der Waals surface area contributed by atoms with Crippen molar-refractivity contribution >= 4 is 40.5 Å². The number of rotatable bonds is 19. The van der Waals surface area contributed by atoms with Crippen LogP contribution in [0.5, 0.6) is 11.5 Å². The minimum atomic E-state index is -4.41. The molecule has 0 aliphatic carbocycles. The average Bonchev–Trinajstić information content (AvgIpc) is 2.95. The second kappa shape index (κ2) is 19.1. The highest BCUT2D eigenvalue weighted by molar-refractivity contribution is 7.86. The molecule has 0 aliphatic rings. The van der Waals surface area contributed by atoms with Crippen molar-refractivity contribution in [3.8, 4) is 11.5 Å². The number of ether oxygens (including phenoxy) is 4. The highest BCUT2D eigenvalue weighted by Crippen LogP contribution is 2.53. The van der Waals surface area contributed by atoms with Crippen molar-refractivity contribution in [2.75, 3.05) is 0 Å². The monoisotopic (exact) mass is 704 g/mol. The molecule has 0 aromatic heterocycles. The lowest BCUT2D eigenvalue weighted by atomic mass is 10.1. The Morgan fingerprint density at radius 1 is 0.630 bits per heavy atom. The van der Waals surface area contributed by atoms with Crippen LogP contribution >= 0.6 is 7.92 Å². The summed E-state index contributed by atoms with van der Waals surface area (Å²) in [5, 5.41) is 0. The molecule has 0 heterocycles. The van der Waals surface area contributed by atoms with Gasteiger partial charge in [-0.15, -0.1) is 0 Å². The molecule has 0 aliphatic heterocycles. The van der Waals surface area contributed by atoms with Crippen molar-refractivity contribution in [2.24, 2.45) is 0 Å². The highest BCUT2D eigenvalue weighted by Gasteiger charge is 2.34. The van der Waals surface area contributed by atoms with E-state index in [1.165, 1.54) is 62.8 Å². The molecule has 0 saturated carbocycles. The molecule has 0 fully saturated rings. The van der Waals surface area contributed by atoms with E-state index in [0.717, 1.165) is 49.9 Å². The van der Waals surface area contributed by atoms with Crippen molar-refractivity contribution in [1.29, 1.82) is 0 Å². The van der Waals surface area contributed by atoms with Crippen LogP contribution in [0, 0.1) is 0 Å². The van der Waals surface area contributed by atoms with Gasteiger partial charge >= 0.3 is 12.3 Å². The van der Waals surface area contributed by atoms with Crippen molar-refractivity contribution in [1.82, 2.24) is 0 Å².